The molecule has 1 fully saturated rings. The first-order valence-corrected chi connectivity index (χ1v) is 10.9. The highest BCUT2D eigenvalue weighted by atomic mass is 32.2. The lowest BCUT2D eigenvalue weighted by Gasteiger charge is -2.36. The first kappa shape index (κ1) is 20.4. The maximum absolute atomic E-state index is 13.2. The first-order valence-electron chi connectivity index (χ1n) is 9.50. The molecule has 2 aromatic carbocycles. The van der Waals surface area contributed by atoms with Crippen molar-refractivity contribution in [2.45, 2.75) is 30.3 Å². The highest BCUT2D eigenvalue weighted by Gasteiger charge is 2.44. The van der Waals surface area contributed by atoms with E-state index < -0.39 is 21.5 Å². The number of nitrogens with zero attached hydrogens (tertiary/aromatic N) is 2. The monoisotopic (exact) mass is 429 g/mol. The summed E-state index contributed by atoms with van der Waals surface area (Å²) >= 11 is 0. The van der Waals surface area contributed by atoms with Gasteiger partial charge in [-0.3, -0.25) is 14.6 Å². The fraction of sp³-hybridized carbons (Fsp3) is 0.286. The van der Waals surface area contributed by atoms with Gasteiger partial charge in [0.15, 0.2) is 5.78 Å². The predicted octanol–water partition coefficient (Wildman–Crippen LogP) is 2.13. The highest BCUT2D eigenvalue weighted by Crippen LogP contribution is 2.31. The van der Waals surface area contributed by atoms with Crippen LogP contribution >= 0.6 is 0 Å². The lowest BCUT2D eigenvalue weighted by atomic mass is 10.00. The maximum atomic E-state index is 13.2. The van der Waals surface area contributed by atoms with E-state index in [1.54, 1.807) is 0 Å². The van der Waals surface area contributed by atoms with Gasteiger partial charge in [0, 0.05) is 37.1 Å². The summed E-state index contributed by atoms with van der Waals surface area (Å²) in [6.07, 6.45) is 0.655. The molecular formula is C21H20FN3O4S. The van der Waals surface area contributed by atoms with Crippen LogP contribution in [0.15, 0.2) is 58.4 Å². The molecular weight excluding hydrogens is 409 g/mol. The summed E-state index contributed by atoms with van der Waals surface area (Å²) in [6, 6.07) is 11.4. The molecule has 9 heteroatoms. The van der Waals surface area contributed by atoms with E-state index in [-0.39, 0.29) is 35.4 Å². The Labute approximate surface area is 173 Å². The maximum Gasteiger partial charge on any atom is 0.272 e. The molecule has 30 heavy (non-hydrogen) atoms. The Kier molecular flexibility index (Phi) is 5.03. The Hall–Kier alpha value is -2.91. The van der Waals surface area contributed by atoms with Gasteiger partial charge in [-0.1, -0.05) is 12.1 Å². The van der Waals surface area contributed by atoms with Gasteiger partial charge in [-0.15, -0.1) is 0 Å². The van der Waals surface area contributed by atoms with E-state index in [0.717, 1.165) is 0 Å². The minimum Gasteiger partial charge on any atom is -0.326 e. The molecule has 1 N–H and O–H groups in total. The van der Waals surface area contributed by atoms with Gasteiger partial charge in [0.1, 0.15) is 17.2 Å². The number of piperidine rings is 1. The average Bonchev–Trinajstić information content (AvgIpc) is 3.04. The quantitative estimate of drug-likeness (QED) is 0.753. The smallest absolute Gasteiger partial charge is 0.272 e. The number of carbonyl (C=O) groups is 2. The molecule has 156 valence electrons. The number of aliphatic imine (C=N–C) groups is 1. The summed E-state index contributed by atoms with van der Waals surface area (Å²) < 4.78 is 40.4. The van der Waals surface area contributed by atoms with Crippen LogP contribution in [-0.2, 0) is 14.8 Å². The van der Waals surface area contributed by atoms with Crippen molar-refractivity contribution in [3.8, 4) is 0 Å². The number of benzene rings is 2. The van der Waals surface area contributed by atoms with Crippen molar-refractivity contribution in [3.05, 3.63) is 65.5 Å². The third-order valence-corrected chi connectivity index (χ3v) is 7.37. The van der Waals surface area contributed by atoms with Gasteiger partial charge in [-0.2, -0.15) is 4.31 Å². The van der Waals surface area contributed by atoms with Crippen molar-refractivity contribution in [1.29, 1.82) is 0 Å². The second-order valence-corrected chi connectivity index (χ2v) is 9.38. The summed E-state index contributed by atoms with van der Waals surface area (Å²) in [5.74, 6) is -0.884. The summed E-state index contributed by atoms with van der Waals surface area (Å²) in [5.41, 5.74) is 0.339. The fourth-order valence-electron chi connectivity index (χ4n) is 3.71. The van der Waals surface area contributed by atoms with Crippen molar-refractivity contribution >= 4 is 27.4 Å². The van der Waals surface area contributed by atoms with Crippen LogP contribution in [0.1, 0.15) is 35.7 Å². The zero-order valence-electron chi connectivity index (χ0n) is 16.3. The van der Waals surface area contributed by atoms with Crippen molar-refractivity contribution < 1.29 is 22.4 Å². The molecule has 2 heterocycles. The number of amides is 1. The molecule has 0 aliphatic carbocycles. The van der Waals surface area contributed by atoms with Crippen LogP contribution in [0.3, 0.4) is 0 Å². The zero-order chi connectivity index (χ0) is 21.5. The molecule has 2 aromatic rings. The third-order valence-electron chi connectivity index (χ3n) is 5.45. The SMILES string of the molecule is CC(=O)c1ccc(S(=O)(=O)N2CCC3(CC2)N=C(c2ccc(F)cc2)C(=O)N3)cc1. The number of Topliss-reactive ketones (excluding diaryl/α,β-unsaturated/α-hetero) is 1. The number of ketones is 1. The molecule has 0 bridgehead atoms. The number of carbonyl (C=O) groups excluding carboxylic acids is 2. The van der Waals surface area contributed by atoms with E-state index in [9.17, 15) is 22.4 Å². The molecule has 0 radical (unpaired) electrons. The molecule has 0 unspecified atom stereocenters. The van der Waals surface area contributed by atoms with Gasteiger partial charge in [-0.25, -0.2) is 12.8 Å². The largest absolute Gasteiger partial charge is 0.326 e. The third kappa shape index (κ3) is 3.66. The normalized spacial score (nSPS) is 18.9. The standard InChI is InChI=1S/C21H20FN3O4S/c1-14(26)15-4-8-18(9-5-15)30(28,29)25-12-10-21(11-13-25)23-19(20(27)24-21)16-2-6-17(22)7-3-16/h2-9H,10-13H2,1H3,(H,24,27). The number of halogens is 1. The minimum atomic E-state index is -3.72. The van der Waals surface area contributed by atoms with Crippen LogP contribution in [0.4, 0.5) is 4.39 Å². The number of rotatable bonds is 4. The minimum absolute atomic E-state index is 0.120. The number of hydrogen-bond donors (Lipinski definition) is 1. The number of sulfonamides is 1. The number of hydrogen-bond acceptors (Lipinski definition) is 5. The van der Waals surface area contributed by atoms with Crippen molar-refractivity contribution in [3.63, 3.8) is 0 Å². The van der Waals surface area contributed by atoms with Crippen molar-refractivity contribution in [1.82, 2.24) is 9.62 Å². The molecule has 7 nitrogen and oxygen atoms in total. The Morgan fingerprint density at radius 2 is 1.67 bits per heavy atom. The van der Waals surface area contributed by atoms with Crippen LogP contribution in [-0.4, -0.2) is 48.9 Å². The second kappa shape index (κ2) is 7.41. The average molecular weight is 429 g/mol. The van der Waals surface area contributed by atoms with E-state index in [1.807, 2.05) is 0 Å². The van der Waals surface area contributed by atoms with Gasteiger partial charge in [-0.05, 0) is 43.3 Å². The van der Waals surface area contributed by atoms with Gasteiger partial charge in [0.2, 0.25) is 10.0 Å². The predicted molar refractivity (Wildman–Crippen MR) is 108 cm³/mol. The Balaban J connectivity index is 1.51. The van der Waals surface area contributed by atoms with Crippen LogP contribution in [0.2, 0.25) is 0 Å². The van der Waals surface area contributed by atoms with Crippen LogP contribution in [0, 0.1) is 5.82 Å². The van der Waals surface area contributed by atoms with Crippen LogP contribution < -0.4 is 5.32 Å². The van der Waals surface area contributed by atoms with Gasteiger partial charge in [0.05, 0.1) is 4.90 Å². The van der Waals surface area contributed by atoms with E-state index in [4.69, 9.17) is 0 Å². The lowest BCUT2D eigenvalue weighted by Crippen LogP contribution is -2.52. The molecule has 1 spiro atoms. The summed E-state index contributed by atoms with van der Waals surface area (Å²) in [7, 11) is -3.72. The van der Waals surface area contributed by atoms with E-state index in [1.165, 1.54) is 59.8 Å². The molecule has 4 rings (SSSR count). The Bertz CT molecular complexity index is 1130. The van der Waals surface area contributed by atoms with E-state index in [0.29, 0.717) is 24.0 Å². The van der Waals surface area contributed by atoms with Crippen LogP contribution in [0.5, 0.6) is 0 Å². The van der Waals surface area contributed by atoms with Crippen molar-refractivity contribution in [2.75, 3.05) is 13.1 Å². The van der Waals surface area contributed by atoms with Gasteiger partial charge >= 0.3 is 0 Å². The van der Waals surface area contributed by atoms with E-state index in [2.05, 4.69) is 10.3 Å². The second-order valence-electron chi connectivity index (χ2n) is 7.44. The topological polar surface area (TPSA) is 95.9 Å². The van der Waals surface area contributed by atoms with Crippen molar-refractivity contribution in [2.24, 2.45) is 4.99 Å². The molecule has 0 saturated carbocycles. The highest BCUT2D eigenvalue weighted by molar-refractivity contribution is 7.89. The molecule has 2 aliphatic heterocycles. The van der Waals surface area contributed by atoms with Gasteiger partial charge in [0.25, 0.3) is 5.91 Å². The molecule has 2 aliphatic rings. The first-order chi connectivity index (χ1) is 14.2. The fourth-order valence-corrected chi connectivity index (χ4v) is 5.15. The number of nitrogens with one attached hydrogen (secondary N) is 1. The summed E-state index contributed by atoms with van der Waals surface area (Å²) in [6.45, 7) is 1.80. The van der Waals surface area contributed by atoms with E-state index >= 15 is 0 Å². The molecule has 1 amide bonds. The lowest BCUT2D eigenvalue weighted by molar-refractivity contribution is -0.115. The van der Waals surface area contributed by atoms with Crippen LogP contribution in [0.25, 0.3) is 0 Å². The zero-order valence-corrected chi connectivity index (χ0v) is 17.1. The molecule has 1 saturated heterocycles. The Morgan fingerprint density at radius 1 is 1.07 bits per heavy atom. The molecule has 0 aromatic heterocycles. The Morgan fingerprint density at radius 3 is 2.23 bits per heavy atom. The summed E-state index contributed by atoms with van der Waals surface area (Å²) in [5, 5.41) is 2.87. The molecule has 0 atom stereocenters. The van der Waals surface area contributed by atoms with Gasteiger partial charge < -0.3 is 5.32 Å². The summed E-state index contributed by atoms with van der Waals surface area (Å²) in [4.78, 5) is 28.5.